The van der Waals surface area contributed by atoms with Crippen LogP contribution in [0.25, 0.3) is 5.57 Å². The van der Waals surface area contributed by atoms with Gasteiger partial charge in [-0.2, -0.15) is 0 Å². The molecule has 5 heterocycles. The quantitative estimate of drug-likeness (QED) is 0.309. The van der Waals surface area contributed by atoms with Gasteiger partial charge < -0.3 is 0 Å². The van der Waals surface area contributed by atoms with Crippen LogP contribution in [0.15, 0.2) is 140 Å². The Morgan fingerprint density at radius 1 is 0.583 bits per heavy atom. The van der Waals surface area contributed by atoms with Gasteiger partial charge in [0.15, 0.2) is 0 Å². The highest BCUT2D eigenvalue weighted by atomic mass is 35.5. The number of alkyl halides is 1. The van der Waals surface area contributed by atoms with Crippen LogP contribution in [0.5, 0.6) is 0 Å². The Morgan fingerprint density at radius 2 is 1.14 bits per heavy atom. The van der Waals surface area contributed by atoms with E-state index < -0.39 is 0 Å². The van der Waals surface area contributed by atoms with Crippen LogP contribution in [0.1, 0.15) is 31.7 Å². The monoisotopic (exact) mass is 490 g/mol. The number of unbranched alkanes of at least 4 members (excludes halogenated alkanes) is 2. The maximum absolute atomic E-state index is 5.38. The highest BCUT2D eigenvalue weighted by Crippen LogP contribution is 2.31. The lowest BCUT2D eigenvalue weighted by Gasteiger charge is -2.03. The van der Waals surface area contributed by atoms with Crippen molar-refractivity contribution < 1.29 is 0 Å². The van der Waals surface area contributed by atoms with Crippen LogP contribution in [0.2, 0.25) is 0 Å². The van der Waals surface area contributed by atoms with Gasteiger partial charge in [-0.25, -0.2) is 20.0 Å². The summed E-state index contributed by atoms with van der Waals surface area (Å²) in [6, 6.07) is 10.3. The third-order valence-electron chi connectivity index (χ3n) is 5.86. The van der Waals surface area contributed by atoms with E-state index in [9.17, 15) is 0 Å². The first-order valence-corrected chi connectivity index (χ1v) is 12.8. The summed E-state index contributed by atoms with van der Waals surface area (Å²) in [6.07, 6.45) is 25.9. The molecule has 4 nitrogen and oxygen atoms in total. The van der Waals surface area contributed by atoms with Crippen molar-refractivity contribution in [3.05, 3.63) is 126 Å². The van der Waals surface area contributed by atoms with Crippen LogP contribution in [0.3, 0.4) is 0 Å². The fourth-order valence-electron chi connectivity index (χ4n) is 4.09. The number of hydrogen-bond donors (Lipinski definition) is 0. The molecule has 5 aliphatic rings. The predicted molar refractivity (Wildman–Crippen MR) is 154 cm³/mol. The normalized spacial score (nSPS) is 18.8. The summed E-state index contributed by atoms with van der Waals surface area (Å²) in [5.74, 6) is 0.827. The van der Waals surface area contributed by atoms with Crippen molar-refractivity contribution in [1.82, 2.24) is 0 Å². The lowest BCUT2D eigenvalue weighted by atomic mass is 10.0. The number of rotatable bonds is 4. The molecule has 0 N–H and O–H groups in total. The molecule has 0 fully saturated rings. The second kappa shape index (κ2) is 11.2. The molecule has 0 aliphatic carbocycles. The number of benzene rings is 1. The molecular weight excluding hydrogens is 464 g/mol. The van der Waals surface area contributed by atoms with Gasteiger partial charge in [0.25, 0.3) is 0 Å². The molecule has 0 unspecified atom stereocenters. The van der Waals surface area contributed by atoms with Crippen LogP contribution in [-0.2, 0) is 0 Å². The average molecular weight is 491 g/mol. The first-order chi connectivity index (χ1) is 17.7. The maximum Gasteiger partial charge on any atom is 0.0737 e. The third kappa shape index (κ3) is 5.84. The summed E-state index contributed by atoms with van der Waals surface area (Å²) >= 11 is 5.38. The second-order valence-corrected chi connectivity index (χ2v) is 9.08. The Hall–Kier alpha value is -3.89. The van der Waals surface area contributed by atoms with Gasteiger partial charge in [-0.05, 0) is 78.8 Å². The molecule has 0 aromatic heterocycles. The molecule has 1 aromatic rings. The molecule has 1 aromatic carbocycles. The molecule has 0 radical (unpaired) electrons. The van der Waals surface area contributed by atoms with Gasteiger partial charge in [0.1, 0.15) is 0 Å². The van der Waals surface area contributed by atoms with Crippen molar-refractivity contribution in [2.24, 2.45) is 20.0 Å². The Labute approximate surface area is 217 Å². The van der Waals surface area contributed by atoms with E-state index in [1.54, 1.807) is 0 Å². The Kier molecular flexibility index (Phi) is 7.44. The van der Waals surface area contributed by atoms with E-state index in [4.69, 9.17) is 26.6 Å². The van der Waals surface area contributed by atoms with Crippen molar-refractivity contribution in [2.75, 3.05) is 5.88 Å². The summed E-state index contributed by atoms with van der Waals surface area (Å²) in [4.78, 5) is 18.9. The summed E-state index contributed by atoms with van der Waals surface area (Å²) in [7, 11) is 0. The number of nitrogens with zero attached hydrogens (tertiary/aromatic N) is 4. The lowest BCUT2D eigenvalue weighted by molar-refractivity contribution is 0.776. The van der Waals surface area contributed by atoms with Crippen LogP contribution < -0.4 is 0 Å². The molecule has 5 heteroatoms. The van der Waals surface area contributed by atoms with Crippen molar-refractivity contribution in [1.29, 1.82) is 0 Å². The molecule has 0 amide bonds. The van der Waals surface area contributed by atoms with E-state index in [1.807, 2.05) is 79.0 Å². The Balaban J connectivity index is 0.000000400. The SMILES string of the molecule is C1=CC2=NC1=CC1=NC(=CC3=NC(=CC4=NC(=C2)C=C4)C(c2ccccc2)=C3)C=C1.CCCCCCl. The molecule has 0 atom stereocenters. The molecule has 36 heavy (non-hydrogen) atoms. The third-order valence-corrected chi connectivity index (χ3v) is 6.13. The minimum Gasteiger partial charge on any atom is -0.249 e. The van der Waals surface area contributed by atoms with E-state index >= 15 is 0 Å². The minimum absolute atomic E-state index is 0.827. The predicted octanol–water partition coefficient (Wildman–Crippen LogP) is 7.52. The zero-order valence-electron chi connectivity index (χ0n) is 20.2. The lowest BCUT2D eigenvalue weighted by Crippen LogP contribution is -1.90. The highest BCUT2D eigenvalue weighted by molar-refractivity contribution is 6.19. The minimum atomic E-state index is 0.827. The maximum atomic E-state index is 5.38. The van der Waals surface area contributed by atoms with Gasteiger partial charge in [-0.15, -0.1) is 11.6 Å². The molecular formula is C31H27ClN4. The topological polar surface area (TPSA) is 49.4 Å². The molecule has 5 aliphatic heterocycles. The van der Waals surface area contributed by atoms with Crippen LogP contribution in [0.4, 0.5) is 0 Å². The van der Waals surface area contributed by atoms with E-state index in [-0.39, 0.29) is 0 Å². The largest absolute Gasteiger partial charge is 0.249 e. The summed E-state index contributed by atoms with van der Waals surface area (Å²) in [6.45, 7) is 2.17. The second-order valence-electron chi connectivity index (χ2n) is 8.70. The van der Waals surface area contributed by atoms with E-state index in [1.165, 1.54) is 19.3 Å². The Bertz CT molecular complexity index is 1410. The van der Waals surface area contributed by atoms with Crippen molar-refractivity contribution in [3.8, 4) is 0 Å². The van der Waals surface area contributed by atoms with Crippen molar-refractivity contribution in [3.63, 3.8) is 0 Å². The number of hydrogen-bond acceptors (Lipinski definition) is 4. The van der Waals surface area contributed by atoms with Crippen molar-refractivity contribution >= 4 is 40.0 Å². The molecule has 178 valence electrons. The summed E-state index contributed by atoms with van der Waals surface area (Å²) in [5, 5.41) is 0. The number of halogens is 1. The molecule has 6 rings (SSSR count). The van der Waals surface area contributed by atoms with Gasteiger partial charge in [0.05, 0.1) is 45.6 Å². The van der Waals surface area contributed by atoms with E-state index in [0.717, 1.165) is 62.7 Å². The zero-order chi connectivity index (χ0) is 24.7. The molecule has 8 bridgehead atoms. The van der Waals surface area contributed by atoms with Crippen LogP contribution in [0, 0.1) is 0 Å². The van der Waals surface area contributed by atoms with Crippen molar-refractivity contribution in [2.45, 2.75) is 26.2 Å². The zero-order valence-corrected chi connectivity index (χ0v) is 21.0. The van der Waals surface area contributed by atoms with Gasteiger partial charge in [-0.1, -0.05) is 50.1 Å². The number of aliphatic imine (C=N–C) groups is 4. The summed E-state index contributed by atoms with van der Waals surface area (Å²) < 4.78 is 0. The number of fused-ring (bicyclic) bond motifs is 4. The van der Waals surface area contributed by atoms with Gasteiger partial charge in [0, 0.05) is 11.5 Å². The van der Waals surface area contributed by atoms with E-state index in [0.29, 0.717) is 0 Å². The first kappa shape index (κ1) is 23.8. The van der Waals surface area contributed by atoms with Crippen LogP contribution in [-0.4, -0.2) is 28.7 Å². The van der Waals surface area contributed by atoms with Gasteiger partial charge >= 0.3 is 0 Å². The van der Waals surface area contributed by atoms with E-state index in [2.05, 4.69) is 30.1 Å². The first-order valence-electron chi connectivity index (χ1n) is 12.3. The van der Waals surface area contributed by atoms with Gasteiger partial charge in [0.2, 0.25) is 0 Å². The van der Waals surface area contributed by atoms with Gasteiger partial charge in [-0.3, -0.25) is 0 Å². The molecule has 0 saturated carbocycles. The average Bonchev–Trinajstić information content (AvgIpc) is 3.69. The smallest absolute Gasteiger partial charge is 0.0737 e. The highest BCUT2D eigenvalue weighted by Gasteiger charge is 2.18. The summed E-state index contributed by atoms with van der Waals surface area (Å²) in [5.41, 5.74) is 9.28. The molecule has 0 spiro atoms. The molecule has 0 saturated heterocycles. The standard InChI is InChI=1S/C26H16N4.C5H11Cl/c1-2-4-17(5-3-1)25-15-24-14-22-9-8-20(28-22)12-18-6-7-19(27-18)13-21-10-11-23(29-21)16-26(25)30-24;1-2-3-4-5-6/h1-16H;2-5H2,1H3. The Morgan fingerprint density at radius 3 is 1.67 bits per heavy atom. The fourth-order valence-corrected chi connectivity index (χ4v) is 4.28. The number of allylic oxidation sites excluding steroid dienone is 12. The van der Waals surface area contributed by atoms with Crippen LogP contribution >= 0.6 is 11.6 Å². The fraction of sp³-hybridized carbons (Fsp3) is 0.161.